The van der Waals surface area contributed by atoms with Crippen LogP contribution in [0.5, 0.6) is 17.2 Å². The van der Waals surface area contributed by atoms with E-state index in [1.165, 1.54) is 11.1 Å². The fourth-order valence-electron chi connectivity index (χ4n) is 3.60. The minimum absolute atomic E-state index is 0.134. The highest BCUT2D eigenvalue weighted by atomic mass is 16.5. The minimum atomic E-state index is -0.178. The molecule has 0 atom stereocenters. The van der Waals surface area contributed by atoms with Crippen molar-refractivity contribution in [1.82, 2.24) is 19.8 Å². The molecule has 0 aliphatic carbocycles. The maximum atomic E-state index is 12.2. The number of carbonyl (C=O) groups excluding carboxylic acids is 2. The molecule has 2 aromatic heterocycles. The van der Waals surface area contributed by atoms with Gasteiger partial charge in [-0.15, -0.1) is 0 Å². The first kappa shape index (κ1) is 23.0. The fourth-order valence-corrected chi connectivity index (χ4v) is 3.60. The van der Waals surface area contributed by atoms with Crippen LogP contribution in [0.3, 0.4) is 0 Å². The highest BCUT2D eigenvalue weighted by molar-refractivity contribution is 5.91. The van der Waals surface area contributed by atoms with Crippen molar-refractivity contribution in [3.05, 3.63) is 66.1 Å². The van der Waals surface area contributed by atoms with Gasteiger partial charge in [-0.2, -0.15) is 0 Å². The first-order valence-electron chi connectivity index (χ1n) is 11.0. The number of hydrogen-bond acceptors (Lipinski definition) is 7. The maximum absolute atomic E-state index is 12.2. The second-order valence-electron chi connectivity index (χ2n) is 8.13. The normalized spacial score (nSPS) is 13.0. The third-order valence-electron chi connectivity index (χ3n) is 5.43. The summed E-state index contributed by atoms with van der Waals surface area (Å²) in [6.07, 6.45) is 4.58. The van der Waals surface area contributed by atoms with Gasteiger partial charge in [0.2, 0.25) is 5.91 Å². The molecule has 1 N–H and O–H groups in total. The lowest BCUT2D eigenvalue weighted by molar-refractivity contribution is -0.128. The zero-order valence-electron chi connectivity index (χ0n) is 19.4. The van der Waals surface area contributed by atoms with Gasteiger partial charge in [-0.25, -0.2) is 9.97 Å². The Morgan fingerprint density at radius 2 is 1.88 bits per heavy atom. The molecule has 0 radical (unpaired) electrons. The molecular formula is C25H27N5O4. The first-order valence-corrected chi connectivity index (χ1v) is 11.0. The molecule has 9 nitrogen and oxygen atoms in total. The molecule has 0 spiro atoms. The molecule has 0 saturated carbocycles. The zero-order valence-corrected chi connectivity index (χ0v) is 19.4. The van der Waals surface area contributed by atoms with E-state index in [0.717, 1.165) is 24.2 Å². The lowest BCUT2D eigenvalue weighted by atomic mass is 10.1. The standard InChI is InChI=1S/C25H27N5O4/c1-29(2)25(32)21-9-7-20(15-26-21)34-22-10-6-18(28-23-11-8-19(33-3)14-27-23)13-17(22)16-30-12-4-5-24(30)31/h6-11,13-15H,4-5,12,16H2,1-3H3,(H,27,28). The van der Waals surface area contributed by atoms with E-state index in [0.29, 0.717) is 41.7 Å². The molecule has 34 heavy (non-hydrogen) atoms. The molecule has 1 saturated heterocycles. The summed E-state index contributed by atoms with van der Waals surface area (Å²) in [5.41, 5.74) is 2.01. The quantitative estimate of drug-likeness (QED) is 0.544. The van der Waals surface area contributed by atoms with Crippen molar-refractivity contribution in [2.45, 2.75) is 19.4 Å². The maximum Gasteiger partial charge on any atom is 0.271 e. The third kappa shape index (κ3) is 5.43. The molecule has 1 aliphatic rings. The summed E-state index contributed by atoms with van der Waals surface area (Å²) in [6.45, 7) is 1.16. The van der Waals surface area contributed by atoms with Crippen LogP contribution in [0.1, 0.15) is 28.9 Å². The van der Waals surface area contributed by atoms with E-state index >= 15 is 0 Å². The molecule has 1 aromatic carbocycles. The molecular weight excluding hydrogens is 434 g/mol. The van der Waals surface area contributed by atoms with Gasteiger partial charge in [0, 0.05) is 44.9 Å². The lowest BCUT2D eigenvalue weighted by Crippen LogP contribution is -2.24. The van der Waals surface area contributed by atoms with Gasteiger partial charge in [-0.1, -0.05) is 0 Å². The number of ether oxygens (including phenoxy) is 2. The molecule has 9 heteroatoms. The topological polar surface area (TPSA) is 96.9 Å². The molecule has 3 aromatic rings. The number of nitrogens with one attached hydrogen (secondary N) is 1. The number of methoxy groups -OCH3 is 1. The summed E-state index contributed by atoms with van der Waals surface area (Å²) in [5, 5.41) is 3.27. The Morgan fingerprint density at radius 3 is 2.50 bits per heavy atom. The smallest absolute Gasteiger partial charge is 0.271 e. The van der Waals surface area contributed by atoms with E-state index < -0.39 is 0 Å². The fraction of sp³-hybridized carbons (Fsp3) is 0.280. The second kappa shape index (κ2) is 10.2. The number of amides is 2. The monoisotopic (exact) mass is 461 g/mol. The highest BCUT2D eigenvalue weighted by Crippen LogP contribution is 2.31. The van der Waals surface area contributed by atoms with Gasteiger partial charge >= 0.3 is 0 Å². The Morgan fingerprint density at radius 1 is 1.09 bits per heavy atom. The summed E-state index contributed by atoms with van der Waals surface area (Å²) in [7, 11) is 4.95. The Hall–Kier alpha value is -4.14. The Balaban J connectivity index is 1.57. The number of hydrogen-bond donors (Lipinski definition) is 1. The first-order chi connectivity index (χ1) is 16.4. The van der Waals surface area contributed by atoms with Gasteiger partial charge in [0.15, 0.2) is 0 Å². The van der Waals surface area contributed by atoms with Crippen molar-refractivity contribution < 1.29 is 19.1 Å². The predicted molar refractivity (Wildman–Crippen MR) is 127 cm³/mol. The molecule has 1 fully saturated rings. The van der Waals surface area contributed by atoms with Crippen LogP contribution >= 0.6 is 0 Å². The van der Waals surface area contributed by atoms with E-state index in [2.05, 4.69) is 15.3 Å². The van der Waals surface area contributed by atoms with Gasteiger partial charge in [-0.3, -0.25) is 9.59 Å². The number of pyridine rings is 2. The average Bonchev–Trinajstić information content (AvgIpc) is 3.25. The van der Waals surface area contributed by atoms with Crippen LogP contribution in [0.15, 0.2) is 54.9 Å². The average molecular weight is 462 g/mol. The van der Waals surface area contributed by atoms with E-state index in [1.807, 2.05) is 35.2 Å². The van der Waals surface area contributed by atoms with Crippen LogP contribution in [0.2, 0.25) is 0 Å². The lowest BCUT2D eigenvalue weighted by Gasteiger charge is -2.19. The summed E-state index contributed by atoms with van der Waals surface area (Å²) < 4.78 is 11.3. The van der Waals surface area contributed by atoms with Crippen molar-refractivity contribution in [3.8, 4) is 17.2 Å². The summed E-state index contributed by atoms with van der Waals surface area (Å²) >= 11 is 0. The predicted octanol–water partition coefficient (Wildman–Crippen LogP) is 3.85. The number of likely N-dealkylation sites (tertiary alicyclic amines) is 1. The van der Waals surface area contributed by atoms with E-state index in [4.69, 9.17) is 9.47 Å². The van der Waals surface area contributed by atoms with E-state index in [-0.39, 0.29) is 11.8 Å². The van der Waals surface area contributed by atoms with Crippen molar-refractivity contribution in [2.75, 3.05) is 33.1 Å². The van der Waals surface area contributed by atoms with Gasteiger partial charge in [0.05, 0.1) is 19.5 Å². The second-order valence-corrected chi connectivity index (χ2v) is 8.13. The Bertz CT molecular complexity index is 1160. The van der Waals surface area contributed by atoms with Crippen molar-refractivity contribution in [3.63, 3.8) is 0 Å². The Kier molecular flexibility index (Phi) is 6.91. The summed E-state index contributed by atoms with van der Waals surface area (Å²) in [6, 6.07) is 12.7. The summed E-state index contributed by atoms with van der Waals surface area (Å²) in [5.74, 6) is 2.41. The zero-order chi connectivity index (χ0) is 24.1. The van der Waals surface area contributed by atoms with Crippen LogP contribution in [0.4, 0.5) is 11.5 Å². The van der Waals surface area contributed by atoms with Crippen LogP contribution in [-0.4, -0.2) is 59.3 Å². The molecule has 1 aliphatic heterocycles. The molecule has 176 valence electrons. The van der Waals surface area contributed by atoms with Crippen LogP contribution < -0.4 is 14.8 Å². The van der Waals surface area contributed by atoms with Gasteiger partial charge < -0.3 is 24.6 Å². The van der Waals surface area contributed by atoms with Gasteiger partial charge in [0.1, 0.15) is 28.8 Å². The highest BCUT2D eigenvalue weighted by Gasteiger charge is 2.22. The van der Waals surface area contributed by atoms with Crippen molar-refractivity contribution in [1.29, 1.82) is 0 Å². The number of anilines is 2. The van der Waals surface area contributed by atoms with E-state index in [9.17, 15) is 9.59 Å². The molecule has 0 bridgehead atoms. The van der Waals surface area contributed by atoms with Crippen LogP contribution in [-0.2, 0) is 11.3 Å². The van der Waals surface area contributed by atoms with Crippen molar-refractivity contribution in [2.24, 2.45) is 0 Å². The number of nitrogens with zero attached hydrogens (tertiary/aromatic N) is 4. The molecule has 2 amide bonds. The van der Waals surface area contributed by atoms with Crippen molar-refractivity contribution >= 4 is 23.3 Å². The number of rotatable bonds is 8. The Labute approximate surface area is 198 Å². The molecule has 4 rings (SSSR count). The third-order valence-corrected chi connectivity index (χ3v) is 5.43. The summed E-state index contributed by atoms with van der Waals surface area (Å²) in [4.78, 5) is 36.2. The number of benzene rings is 1. The van der Waals surface area contributed by atoms with Gasteiger partial charge in [0.25, 0.3) is 5.91 Å². The molecule has 3 heterocycles. The number of carbonyl (C=O) groups is 2. The molecule has 0 unspecified atom stereocenters. The largest absolute Gasteiger partial charge is 0.495 e. The minimum Gasteiger partial charge on any atom is -0.495 e. The number of aromatic nitrogens is 2. The van der Waals surface area contributed by atoms with Crippen LogP contribution in [0, 0.1) is 0 Å². The van der Waals surface area contributed by atoms with E-state index in [1.54, 1.807) is 39.5 Å². The van der Waals surface area contributed by atoms with Crippen LogP contribution in [0.25, 0.3) is 0 Å². The SMILES string of the molecule is COc1ccc(Nc2ccc(Oc3ccc(C(=O)N(C)C)nc3)c(CN3CCCC3=O)c2)nc1. The van der Waals surface area contributed by atoms with Gasteiger partial charge in [-0.05, 0) is 48.9 Å².